The van der Waals surface area contributed by atoms with Crippen LogP contribution in [0.4, 0.5) is 0 Å². The predicted molar refractivity (Wildman–Crippen MR) is 62.6 cm³/mol. The molecule has 0 saturated heterocycles. The van der Waals surface area contributed by atoms with Crippen LogP contribution in [0.15, 0.2) is 54.7 Å². The zero-order chi connectivity index (χ0) is 10.3. The molecule has 3 aromatic rings. The van der Waals surface area contributed by atoms with Gasteiger partial charge in [0, 0.05) is 11.5 Å². The lowest BCUT2D eigenvalue weighted by Crippen LogP contribution is -3.00. The summed E-state index contributed by atoms with van der Waals surface area (Å²) >= 11 is 0. The minimum Gasteiger partial charge on any atom is -1.00 e. The maximum Gasteiger partial charge on any atom is 0.220 e. The van der Waals surface area contributed by atoms with Crippen molar-refractivity contribution in [1.82, 2.24) is 0 Å². The van der Waals surface area contributed by atoms with Gasteiger partial charge in [0.1, 0.15) is 7.05 Å². The van der Waals surface area contributed by atoms with Gasteiger partial charge in [0.25, 0.3) is 0 Å². The highest BCUT2D eigenvalue weighted by molar-refractivity contribution is 6.03. The molecule has 1 heterocycles. The van der Waals surface area contributed by atoms with E-state index >= 15 is 0 Å². The zero-order valence-corrected chi connectivity index (χ0v) is 11.2. The Bertz CT molecular complexity index is 646. The third-order valence-corrected chi connectivity index (χ3v) is 2.87. The van der Waals surface area contributed by atoms with Crippen LogP contribution in [-0.2, 0) is 7.05 Å². The Morgan fingerprint density at radius 2 is 1.50 bits per heavy atom. The second kappa shape index (κ2) is 4.37. The SMILES string of the molecule is C[n+]1cccc2ccc3ccccc3c21.[I-]. The molecule has 0 aliphatic heterocycles. The molecule has 1 aromatic heterocycles. The number of pyridine rings is 1. The van der Waals surface area contributed by atoms with Crippen molar-refractivity contribution in [2.75, 3.05) is 0 Å². The molecule has 0 aliphatic rings. The molecule has 0 bridgehead atoms. The van der Waals surface area contributed by atoms with Gasteiger partial charge >= 0.3 is 0 Å². The Morgan fingerprint density at radius 1 is 0.812 bits per heavy atom. The van der Waals surface area contributed by atoms with Gasteiger partial charge in [-0.1, -0.05) is 24.3 Å². The van der Waals surface area contributed by atoms with Crippen LogP contribution < -0.4 is 28.5 Å². The summed E-state index contributed by atoms with van der Waals surface area (Å²) in [5.41, 5.74) is 1.30. The average molecular weight is 321 g/mol. The average Bonchev–Trinajstić information content (AvgIpc) is 2.29. The third-order valence-electron chi connectivity index (χ3n) is 2.87. The van der Waals surface area contributed by atoms with Crippen LogP contribution in [0.25, 0.3) is 21.7 Å². The van der Waals surface area contributed by atoms with Crippen molar-refractivity contribution in [2.45, 2.75) is 0 Å². The summed E-state index contributed by atoms with van der Waals surface area (Å²) in [7, 11) is 2.09. The molecule has 80 valence electrons. The van der Waals surface area contributed by atoms with E-state index in [1.54, 1.807) is 0 Å². The fourth-order valence-corrected chi connectivity index (χ4v) is 2.15. The van der Waals surface area contributed by atoms with Crippen LogP contribution >= 0.6 is 0 Å². The quantitative estimate of drug-likeness (QED) is 0.307. The van der Waals surface area contributed by atoms with Gasteiger partial charge in [-0.3, -0.25) is 0 Å². The van der Waals surface area contributed by atoms with Gasteiger partial charge < -0.3 is 24.0 Å². The number of nitrogens with zero attached hydrogens (tertiary/aromatic N) is 1. The van der Waals surface area contributed by atoms with E-state index in [2.05, 4.69) is 66.3 Å². The molecular formula is C14H12IN. The highest BCUT2D eigenvalue weighted by Gasteiger charge is 2.07. The second-order valence-corrected chi connectivity index (χ2v) is 3.84. The van der Waals surface area contributed by atoms with E-state index in [1.165, 1.54) is 21.7 Å². The first-order valence-corrected chi connectivity index (χ1v) is 5.12. The van der Waals surface area contributed by atoms with E-state index in [-0.39, 0.29) is 24.0 Å². The van der Waals surface area contributed by atoms with Crippen molar-refractivity contribution in [2.24, 2.45) is 7.05 Å². The fourth-order valence-electron chi connectivity index (χ4n) is 2.15. The molecule has 1 nitrogen and oxygen atoms in total. The minimum atomic E-state index is 0. The van der Waals surface area contributed by atoms with Crippen molar-refractivity contribution in [3.63, 3.8) is 0 Å². The molecule has 16 heavy (non-hydrogen) atoms. The third kappa shape index (κ3) is 1.67. The molecule has 0 saturated carbocycles. The van der Waals surface area contributed by atoms with Crippen LogP contribution in [-0.4, -0.2) is 0 Å². The lowest BCUT2D eigenvalue weighted by molar-refractivity contribution is -0.644. The summed E-state index contributed by atoms with van der Waals surface area (Å²) in [5.74, 6) is 0. The molecule has 2 aromatic carbocycles. The predicted octanol–water partition coefficient (Wildman–Crippen LogP) is -0.179. The lowest BCUT2D eigenvalue weighted by atomic mass is 10.1. The molecule has 0 spiro atoms. The standard InChI is InChI=1S/C14H12N.HI/c1-15-10-4-6-12-9-8-11-5-2-3-7-13(11)14(12)15;/h2-10H,1H3;1H/q+1;/p-1. The van der Waals surface area contributed by atoms with E-state index < -0.39 is 0 Å². The summed E-state index contributed by atoms with van der Waals surface area (Å²) in [6.07, 6.45) is 2.09. The fraction of sp³-hybridized carbons (Fsp3) is 0.0714. The first-order valence-electron chi connectivity index (χ1n) is 5.12. The first kappa shape index (κ1) is 11.3. The second-order valence-electron chi connectivity index (χ2n) is 3.84. The molecule has 0 radical (unpaired) electrons. The first-order chi connectivity index (χ1) is 7.36. The van der Waals surface area contributed by atoms with Gasteiger partial charge in [0.05, 0.1) is 5.39 Å². The van der Waals surface area contributed by atoms with Crippen LogP contribution in [0.2, 0.25) is 0 Å². The number of hydrogen-bond donors (Lipinski definition) is 0. The minimum absolute atomic E-state index is 0. The van der Waals surface area contributed by atoms with Crippen molar-refractivity contribution < 1.29 is 28.5 Å². The number of fused-ring (bicyclic) bond motifs is 3. The summed E-state index contributed by atoms with van der Waals surface area (Å²) < 4.78 is 2.18. The number of rotatable bonds is 0. The van der Waals surface area contributed by atoms with E-state index in [1.807, 2.05) is 0 Å². The number of halogens is 1. The van der Waals surface area contributed by atoms with Crippen LogP contribution in [0.1, 0.15) is 0 Å². The van der Waals surface area contributed by atoms with E-state index in [0.717, 1.165) is 0 Å². The van der Waals surface area contributed by atoms with Crippen molar-refractivity contribution in [3.8, 4) is 0 Å². The van der Waals surface area contributed by atoms with E-state index in [9.17, 15) is 0 Å². The van der Waals surface area contributed by atoms with Crippen LogP contribution in [0.3, 0.4) is 0 Å². The summed E-state index contributed by atoms with van der Waals surface area (Å²) in [4.78, 5) is 0. The number of benzene rings is 2. The number of aromatic nitrogens is 1. The molecule has 0 unspecified atom stereocenters. The lowest BCUT2D eigenvalue weighted by Gasteiger charge is -2.00. The largest absolute Gasteiger partial charge is 1.00 e. The Hall–Kier alpha value is -1.16. The van der Waals surface area contributed by atoms with Crippen LogP contribution in [0.5, 0.6) is 0 Å². The Labute approximate surface area is 112 Å². The van der Waals surface area contributed by atoms with Crippen molar-refractivity contribution in [3.05, 3.63) is 54.7 Å². The summed E-state index contributed by atoms with van der Waals surface area (Å²) in [6, 6.07) is 17.1. The highest BCUT2D eigenvalue weighted by Crippen LogP contribution is 2.21. The van der Waals surface area contributed by atoms with Gasteiger partial charge in [-0.15, -0.1) is 0 Å². The van der Waals surface area contributed by atoms with Crippen molar-refractivity contribution in [1.29, 1.82) is 0 Å². The van der Waals surface area contributed by atoms with Crippen molar-refractivity contribution >= 4 is 21.7 Å². The molecule has 2 heteroatoms. The number of aryl methyl sites for hydroxylation is 1. The van der Waals surface area contributed by atoms with Gasteiger partial charge in [-0.25, -0.2) is 4.57 Å². The molecule has 0 atom stereocenters. The van der Waals surface area contributed by atoms with Crippen LogP contribution in [0, 0.1) is 0 Å². The molecule has 0 aliphatic carbocycles. The number of hydrogen-bond acceptors (Lipinski definition) is 0. The van der Waals surface area contributed by atoms with Gasteiger partial charge in [0.15, 0.2) is 6.20 Å². The normalized spacial score (nSPS) is 10.3. The zero-order valence-electron chi connectivity index (χ0n) is 9.02. The topological polar surface area (TPSA) is 3.88 Å². The molecule has 0 N–H and O–H groups in total. The summed E-state index contributed by atoms with van der Waals surface area (Å²) in [6.45, 7) is 0. The molecular weight excluding hydrogens is 309 g/mol. The van der Waals surface area contributed by atoms with E-state index in [0.29, 0.717) is 0 Å². The Morgan fingerprint density at radius 3 is 2.38 bits per heavy atom. The monoisotopic (exact) mass is 321 g/mol. The van der Waals surface area contributed by atoms with Gasteiger partial charge in [-0.2, -0.15) is 0 Å². The Balaban J connectivity index is 0.000000963. The maximum atomic E-state index is 2.18. The molecule has 0 fully saturated rings. The smallest absolute Gasteiger partial charge is 0.220 e. The van der Waals surface area contributed by atoms with E-state index in [4.69, 9.17) is 0 Å². The highest BCUT2D eigenvalue weighted by atomic mass is 127. The van der Waals surface area contributed by atoms with Gasteiger partial charge in [-0.05, 0) is 23.6 Å². The van der Waals surface area contributed by atoms with Gasteiger partial charge in [0.2, 0.25) is 5.52 Å². The maximum absolute atomic E-state index is 2.18. The molecule has 0 amide bonds. The summed E-state index contributed by atoms with van der Waals surface area (Å²) in [5, 5.41) is 3.91. The Kier molecular flexibility index (Phi) is 3.10. The molecule has 3 rings (SSSR count).